The molecule has 0 radical (unpaired) electrons. The number of rotatable bonds is 13. The summed E-state index contributed by atoms with van der Waals surface area (Å²) in [6.07, 6.45) is 3.61. The third-order valence-electron chi connectivity index (χ3n) is 3.71. The summed E-state index contributed by atoms with van der Waals surface area (Å²) in [5, 5.41) is 0. The predicted octanol–water partition coefficient (Wildman–Crippen LogP) is 2.62. The van der Waals surface area contributed by atoms with Crippen molar-refractivity contribution in [2.75, 3.05) is 33.9 Å². The van der Waals surface area contributed by atoms with E-state index in [0.717, 1.165) is 32.0 Å². The van der Waals surface area contributed by atoms with E-state index in [1.807, 2.05) is 24.4 Å². The molecule has 0 aliphatic heterocycles. The average molecular weight is 339 g/mol. The van der Waals surface area contributed by atoms with Crippen LogP contribution >= 0.6 is 0 Å². The van der Waals surface area contributed by atoms with Gasteiger partial charge in [-0.2, -0.15) is 0 Å². The quantitative estimate of drug-likeness (QED) is 0.442. The van der Waals surface area contributed by atoms with Gasteiger partial charge in [-0.05, 0) is 31.1 Å². The average Bonchev–Trinajstić information content (AvgIpc) is 2.61. The Kier molecular flexibility index (Phi) is 9.82. The standard InChI is InChI=1S/C17H30N2O3Si/c1-4-19(16-17-10-6-5-7-11-17)13-9-14-22-23(20-2,21-3)15-8-12-18/h4-7,10-11H,1,8-9,12-16,18H2,2-3H3. The first kappa shape index (κ1) is 19.9. The van der Waals surface area contributed by atoms with Crippen molar-refractivity contribution >= 4 is 8.80 Å². The summed E-state index contributed by atoms with van der Waals surface area (Å²) < 4.78 is 17.0. The molecule has 0 atom stereocenters. The Morgan fingerprint density at radius 2 is 1.87 bits per heavy atom. The number of nitrogens with two attached hydrogens (primary N) is 1. The summed E-state index contributed by atoms with van der Waals surface area (Å²) in [5.74, 6) is 0. The maximum Gasteiger partial charge on any atom is 0.500 e. The van der Waals surface area contributed by atoms with Crippen LogP contribution in [0.1, 0.15) is 18.4 Å². The molecule has 1 aromatic carbocycles. The van der Waals surface area contributed by atoms with E-state index >= 15 is 0 Å². The van der Waals surface area contributed by atoms with Crippen LogP contribution in [0, 0.1) is 0 Å². The zero-order valence-corrected chi connectivity index (χ0v) is 15.4. The lowest BCUT2D eigenvalue weighted by molar-refractivity contribution is 0.0941. The lowest BCUT2D eigenvalue weighted by atomic mass is 10.2. The molecule has 0 unspecified atom stereocenters. The van der Waals surface area contributed by atoms with Gasteiger partial charge in [0, 0.05) is 40.0 Å². The fraction of sp³-hybridized carbons (Fsp3) is 0.529. The molecular formula is C17H30N2O3Si. The molecule has 5 nitrogen and oxygen atoms in total. The van der Waals surface area contributed by atoms with E-state index in [0.29, 0.717) is 13.2 Å². The first-order valence-corrected chi connectivity index (χ1v) is 9.97. The van der Waals surface area contributed by atoms with E-state index in [-0.39, 0.29) is 0 Å². The van der Waals surface area contributed by atoms with Crippen LogP contribution in [0.3, 0.4) is 0 Å². The van der Waals surface area contributed by atoms with Crippen molar-refractivity contribution in [2.45, 2.75) is 25.4 Å². The van der Waals surface area contributed by atoms with E-state index in [2.05, 4.69) is 23.6 Å². The van der Waals surface area contributed by atoms with Gasteiger partial charge in [0.2, 0.25) is 0 Å². The Bertz CT molecular complexity index is 427. The van der Waals surface area contributed by atoms with Crippen molar-refractivity contribution in [3.63, 3.8) is 0 Å². The van der Waals surface area contributed by atoms with Crippen LogP contribution in [0.5, 0.6) is 0 Å². The van der Waals surface area contributed by atoms with E-state index in [1.165, 1.54) is 5.56 Å². The summed E-state index contributed by atoms with van der Waals surface area (Å²) in [7, 11) is 0.756. The van der Waals surface area contributed by atoms with Gasteiger partial charge in [-0.1, -0.05) is 36.9 Å². The summed E-state index contributed by atoms with van der Waals surface area (Å²) in [4.78, 5) is 2.18. The monoisotopic (exact) mass is 338 g/mol. The SMILES string of the molecule is C=CN(CCCO[Si](CCCN)(OC)OC)Cc1ccccc1. The maximum absolute atomic E-state index is 5.95. The molecule has 0 fully saturated rings. The highest BCUT2D eigenvalue weighted by Gasteiger charge is 2.37. The molecular weight excluding hydrogens is 308 g/mol. The van der Waals surface area contributed by atoms with Crippen LogP contribution in [-0.4, -0.2) is 47.6 Å². The summed E-state index contributed by atoms with van der Waals surface area (Å²) in [6, 6.07) is 11.1. The molecule has 0 amide bonds. The lowest BCUT2D eigenvalue weighted by Gasteiger charge is -2.27. The second kappa shape index (κ2) is 11.4. The van der Waals surface area contributed by atoms with Gasteiger partial charge in [0.15, 0.2) is 0 Å². The molecule has 0 saturated heterocycles. The molecule has 0 aromatic heterocycles. The van der Waals surface area contributed by atoms with E-state index in [1.54, 1.807) is 14.2 Å². The third kappa shape index (κ3) is 7.28. The molecule has 0 aliphatic rings. The van der Waals surface area contributed by atoms with Crippen molar-refractivity contribution in [3.8, 4) is 0 Å². The van der Waals surface area contributed by atoms with Crippen LogP contribution < -0.4 is 5.73 Å². The highest BCUT2D eigenvalue weighted by Crippen LogP contribution is 2.16. The molecule has 0 spiro atoms. The van der Waals surface area contributed by atoms with E-state index in [4.69, 9.17) is 19.0 Å². The minimum atomic E-state index is -2.55. The minimum Gasteiger partial charge on any atom is -0.377 e. The summed E-state index contributed by atoms with van der Waals surface area (Å²) in [5.41, 5.74) is 6.84. The molecule has 23 heavy (non-hydrogen) atoms. The minimum absolute atomic E-state index is 0.609. The third-order valence-corrected chi connectivity index (χ3v) is 6.56. The zero-order valence-electron chi connectivity index (χ0n) is 14.4. The molecule has 2 N–H and O–H groups in total. The molecule has 130 valence electrons. The molecule has 0 saturated carbocycles. The van der Waals surface area contributed by atoms with Gasteiger partial charge in [0.1, 0.15) is 0 Å². The van der Waals surface area contributed by atoms with Gasteiger partial charge in [-0.15, -0.1) is 0 Å². The van der Waals surface area contributed by atoms with Gasteiger partial charge in [-0.25, -0.2) is 0 Å². The number of nitrogens with zero attached hydrogens (tertiary/aromatic N) is 1. The first-order chi connectivity index (χ1) is 11.2. The second-order valence-electron chi connectivity index (χ2n) is 5.32. The van der Waals surface area contributed by atoms with Gasteiger partial charge in [0.05, 0.1) is 0 Å². The van der Waals surface area contributed by atoms with Crippen molar-refractivity contribution in [2.24, 2.45) is 5.73 Å². The number of benzene rings is 1. The van der Waals surface area contributed by atoms with Crippen LogP contribution in [0.2, 0.25) is 6.04 Å². The number of hydrogen-bond acceptors (Lipinski definition) is 5. The molecule has 1 rings (SSSR count). The van der Waals surface area contributed by atoms with Crippen LogP contribution in [0.15, 0.2) is 43.1 Å². The Labute approximate surface area is 141 Å². The van der Waals surface area contributed by atoms with E-state index in [9.17, 15) is 0 Å². The highest BCUT2D eigenvalue weighted by atomic mass is 28.4. The smallest absolute Gasteiger partial charge is 0.377 e. The fourth-order valence-corrected chi connectivity index (χ4v) is 4.39. The van der Waals surface area contributed by atoms with Crippen molar-refractivity contribution < 1.29 is 13.3 Å². The summed E-state index contributed by atoms with van der Waals surface area (Å²) in [6.45, 7) is 6.85. The topological polar surface area (TPSA) is 57.0 Å². The van der Waals surface area contributed by atoms with E-state index < -0.39 is 8.80 Å². The Morgan fingerprint density at radius 3 is 2.43 bits per heavy atom. The highest BCUT2D eigenvalue weighted by molar-refractivity contribution is 6.60. The van der Waals surface area contributed by atoms with Gasteiger partial charge in [0.25, 0.3) is 0 Å². The van der Waals surface area contributed by atoms with Crippen LogP contribution in [-0.2, 0) is 19.8 Å². The Morgan fingerprint density at radius 1 is 1.17 bits per heavy atom. The van der Waals surface area contributed by atoms with Gasteiger partial charge in [-0.3, -0.25) is 0 Å². The lowest BCUT2D eigenvalue weighted by Crippen LogP contribution is -2.44. The second-order valence-corrected chi connectivity index (χ2v) is 8.30. The van der Waals surface area contributed by atoms with Crippen molar-refractivity contribution in [1.82, 2.24) is 4.90 Å². The van der Waals surface area contributed by atoms with Crippen molar-refractivity contribution in [3.05, 3.63) is 48.7 Å². The fourth-order valence-electron chi connectivity index (χ4n) is 2.34. The largest absolute Gasteiger partial charge is 0.500 e. The number of hydrogen-bond donors (Lipinski definition) is 1. The molecule has 0 aliphatic carbocycles. The maximum atomic E-state index is 5.95. The molecule has 6 heteroatoms. The van der Waals surface area contributed by atoms with Crippen molar-refractivity contribution in [1.29, 1.82) is 0 Å². The first-order valence-electron chi connectivity index (χ1n) is 8.04. The predicted molar refractivity (Wildman–Crippen MR) is 95.9 cm³/mol. The molecule has 1 aromatic rings. The van der Waals surface area contributed by atoms with Gasteiger partial charge < -0.3 is 23.9 Å². The normalized spacial score (nSPS) is 11.4. The molecule has 0 heterocycles. The zero-order chi connectivity index (χ0) is 17.0. The Balaban J connectivity index is 2.36. The van der Waals surface area contributed by atoms with Crippen LogP contribution in [0.4, 0.5) is 0 Å². The Hall–Kier alpha value is -1.18. The summed E-state index contributed by atoms with van der Waals surface area (Å²) >= 11 is 0. The van der Waals surface area contributed by atoms with Gasteiger partial charge >= 0.3 is 8.80 Å². The van der Waals surface area contributed by atoms with Crippen LogP contribution in [0.25, 0.3) is 0 Å². The molecule has 0 bridgehead atoms.